The molecule has 1 saturated heterocycles. The lowest BCUT2D eigenvalue weighted by Crippen LogP contribution is -2.51. The number of carbonyl (C=O) groups excluding carboxylic acids is 1. The molecule has 0 saturated carbocycles. The van der Waals surface area contributed by atoms with Crippen molar-refractivity contribution in [1.29, 1.82) is 0 Å². The highest BCUT2D eigenvalue weighted by Crippen LogP contribution is 2.24. The predicted octanol–water partition coefficient (Wildman–Crippen LogP) is 3.04. The average Bonchev–Trinajstić information content (AvgIpc) is 2.72. The lowest BCUT2D eigenvalue weighted by Gasteiger charge is -2.34. The van der Waals surface area contributed by atoms with Gasteiger partial charge in [-0.2, -0.15) is 4.31 Å². The number of hydrogen-bond acceptors (Lipinski definition) is 4. The maximum absolute atomic E-state index is 12.6. The molecule has 1 aliphatic heterocycles. The molecule has 1 fully saturated rings. The Hall–Kier alpha value is -2.38. The summed E-state index contributed by atoms with van der Waals surface area (Å²) in [6, 6.07) is 16.9. The van der Waals surface area contributed by atoms with E-state index in [0.717, 1.165) is 5.56 Å². The van der Waals surface area contributed by atoms with Crippen molar-refractivity contribution < 1.29 is 17.9 Å². The van der Waals surface area contributed by atoms with Crippen molar-refractivity contribution in [2.24, 2.45) is 0 Å². The highest BCUT2D eigenvalue weighted by Gasteiger charge is 2.29. The molecule has 30 heavy (non-hydrogen) atoms. The Kier molecular flexibility index (Phi) is 6.83. The number of sulfonamides is 1. The van der Waals surface area contributed by atoms with Gasteiger partial charge in [0.05, 0.1) is 5.75 Å². The maximum atomic E-state index is 12.6. The summed E-state index contributed by atoms with van der Waals surface area (Å²) in [7, 11) is -3.39. The fraction of sp³-hybridized carbons (Fsp3) is 0.435. The number of benzene rings is 2. The lowest BCUT2D eigenvalue weighted by molar-refractivity contribution is -0.134. The standard InChI is InChI=1S/C23H30N2O4S/c1-23(2,3)20-9-11-21(12-10-20)29-17-22(26)24-13-15-25(16-14-24)30(27,28)18-19-7-5-4-6-8-19/h4-12H,13-18H2,1-3H3. The summed E-state index contributed by atoms with van der Waals surface area (Å²) in [4.78, 5) is 14.1. The van der Waals surface area contributed by atoms with Gasteiger partial charge in [-0.25, -0.2) is 8.42 Å². The number of rotatable bonds is 6. The third-order valence-electron chi connectivity index (χ3n) is 5.26. The quantitative estimate of drug-likeness (QED) is 0.707. The summed E-state index contributed by atoms with van der Waals surface area (Å²) < 4.78 is 32.4. The minimum Gasteiger partial charge on any atom is -0.484 e. The Balaban J connectivity index is 1.48. The zero-order chi connectivity index (χ0) is 21.8. The van der Waals surface area contributed by atoms with Crippen LogP contribution in [0.3, 0.4) is 0 Å². The topological polar surface area (TPSA) is 66.9 Å². The first kappa shape index (κ1) is 22.3. The summed E-state index contributed by atoms with van der Waals surface area (Å²) in [6.45, 7) is 7.75. The molecule has 1 aliphatic rings. The van der Waals surface area contributed by atoms with Gasteiger partial charge in [0, 0.05) is 26.2 Å². The molecule has 1 amide bonds. The number of carbonyl (C=O) groups is 1. The number of amides is 1. The van der Waals surface area contributed by atoms with E-state index >= 15 is 0 Å². The second kappa shape index (κ2) is 9.18. The Morgan fingerprint density at radius 3 is 2.10 bits per heavy atom. The molecule has 3 rings (SSSR count). The van der Waals surface area contributed by atoms with Crippen LogP contribution in [-0.2, 0) is 26.0 Å². The second-order valence-electron chi connectivity index (χ2n) is 8.58. The average molecular weight is 431 g/mol. The zero-order valence-electron chi connectivity index (χ0n) is 17.9. The normalized spacial score (nSPS) is 15.8. The summed E-state index contributed by atoms with van der Waals surface area (Å²) in [5, 5.41) is 0. The highest BCUT2D eigenvalue weighted by atomic mass is 32.2. The molecule has 2 aromatic rings. The molecular weight excluding hydrogens is 400 g/mol. The van der Waals surface area contributed by atoms with E-state index in [-0.39, 0.29) is 23.7 Å². The van der Waals surface area contributed by atoms with E-state index in [2.05, 4.69) is 20.8 Å². The lowest BCUT2D eigenvalue weighted by atomic mass is 9.87. The SMILES string of the molecule is CC(C)(C)c1ccc(OCC(=O)N2CCN(S(=O)(=O)Cc3ccccc3)CC2)cc1. The summed E-state index contributed by atoms with van der Waals surface area (Å²) in [6.07, 6.45) is 0. The maximum Gasteiger partial charge on any atom is 0.260 e. The van der Waals surface area contributed by atoms with Gasteiger partial charge in [0.2, 0.25) is 10.0 Å². The molecule has 0 aliphatic carbocycles. The van der Waals surface area contributed by atoms with Gasteiger partial charge in [-0.3, -0.25) is 4.79 Å². The molecule has 0 unspecified atom stereocenters. The van der Waals surface area contributed by atoms with E-state index in [1.165, 1.54) is 9.87 Å². The molecule has 1 heterocycles. The molecule has 0 spiro atoms. The van der Waals surface area contributed by atoms with E-state index < -0.39 is 10.0 Å². The van der Waals surface area contributed by atoms with E-state index in [0.29, 0.717) is 31.9 Å². The smallest absolute Gasteiger partial charge is 0.260 e. The Morgan fingerprint density at radius 2 is 1.53 bits per heavy atom. The molecule has 0 aromatic heterocycles. The van der Waals surface area contributed by atoms with Crippen molar-refractivity contribution in [2.75, 3.05) is 32.8 Å². The van der Waals surface area contributed by atoms with Crippen LogP contribution in [0.15, 0.2) is 54.6 Å². The van der Waals surface area contributed by atoms with Crippen LogP contribution in [0, 0.1) is 0 Å². The third kappa shape index (κ3) is 5.83. The van der Waals surface area contributed by atoms with Crippen LogP contribution in [0.1, 0.15) is 31.9 Å². The summed E-state index contributed by atoms with van der Waals surface area (Å²) >= 11 is 0. The largest absolute Gasteiger partial charge is 0.484 e. The van der Waals surface area contributed by atoms with Gasteiger partial charge in [0.1, 0.15) is 5.75 Å². The molecule has 6 nitrogen and oxygen atoms in total. The van der Waals surface area contributed by atoms with Crippen molar-refractivity contribution in [2.45, 2.75) is 31.9 Å². The third-order valence-corrected chi connectivity index (χ3v) is 7.11. The summed E-state index contributed by atoms with van der Waals surface area (Å²) in [5.74, 6) is 0.505. The van der Waals surface area contributed by atoms with Gasteiger partial charge < -0.3 is 9.64 Å². The second-order valence-corrected chi connectivity index (χ2v) is 10.6. The van der Waals surface area contributed by atoms with Crippen LogP contribution in [0.4, 0.5) is 0 Å². The van der Waals surface area contributed by atoms with E-state index in [9.17, 15) is 13.2 Å². The summed E-state index contributed by atoms with van der Waals surface area (Å²) in [5.41, 5.74) is 2.03. The minimum absolute atomic E-state index is 0.0184. The van der Waals surface area contributed by atoms with Crippen molar-refractivity contribution in [3.05, 3.63) is 65.7 Å². The molecule has 0 radical (unpaired) electrons. The molecule has 7 heteroatoms. The predicted molar refractivity (Wildman–Crippen MR) is 118 cm³/mol. The first-order chi connectivity index (χ1) is 14.1. The molecule has 0 bridgehead atoms. The van der Waals surface area contributed by atoms with Crippen molar-refractivity contribution in [3.63, 3.8) is 0 Å². The molecule has 162 valence electrons. The number of nitrogens with zero attached hydrogens (tertiary/aromatic N) is 2. The van der Waals surface area contributed by atoms with Gasteiger partial charge in [-0.1, -0.05) is 63.2 Å². The number of piperazine rings is 1. The van der Waals surface area contributed by atoms with Gasteiger partial charge in [0.15, 0.2) is 6.61 Å². The van der Waals surface area contributed by atoms with Crippen LogP contribution >= 0.6 is 0 Å². The minimum atomic E-state index is -3.39. The van der Waals surface area contributed by atoms with Gasteiger partial charge in [-0.15, -0.1) is 0 Å². The first-order valence-corrected chi connectivity index (χ1v) is 11.8. The highest BCUT2D eigenvalue weighted by molar-refractivity contribution is 7.88. The van der Waals surface area contributed by atoms with Crippen molar-refractivity contribution in [3.8, 4) is 5.75 Å². The Labute approximate surface area is 179 Å². The zero-order valence-corrected chi connectivity index (χ0v) is 18.7. The monoisotopic (exact) mass is 430 g/mol. The molecular formula is C23H30N2O4S. The van der Waals surface area contributed by atoms with Crippen molar-refractivity contribution in [1.82, 2.24) is 9.21 Å². The van der Waals surface area contributed by atoms with E-state index in [1.54, 1.807) is 4.90 Å². The van der Waals surface area contributed by atoms with Gasteiger partial charge in [0.25, 0.3) is 5.91 Å². The van der Waals surface area contributed by atoms with E-state index in [4.69, 9.17) is 4.74 Å². The fourth-order valence-corrected chi connectivity index (χ4v) is 4.90. The Morgan fingerprint density at radius 1 is 0.933 bits per heavy atom. The van der Waals surface area contributed by atoms with Crippen LogP contribution in [0.2, 0.25) is 0 Å². The van der Waals surface area contributed by atoms with Crippen LogP contribution in [-0.4, -0.2) is 56.3 Å². The van der Waals surface area contributed by atoms with Crippen molar-refractivity contribution >= 4 is 15.9 Å². The van der Waals surface area contributed by atoms with Gasteiger partial charge >= 0.3 is 0 Å². The molecule has 0 atom stereocenters. The molecule has 2 aromatic carbocycles. The fourth-order valence-electron chi connectivity index (χ4n) is 3.38. The van der Waals surface area contributed by atoms with Crippen LogP contribution < -0.4 is 4.74 Å². The van der Waals surface area contributed by atoms with Crippen LogP contribution in [0.25, 0.3) is 0 Å². The number of hydrogen-bond donors (Lipinski definition) is 0. The van der Waals surface area contributed by atoms with Gasteiger partial charge in [-0.05, 0) is 28.7 Å². The molecule has 0 N–H and O–H groups in total. The van der Waals surface area contributed by atoms with E-state index in [1.807, 2.05) is 54.6 Å². The Bertz CT molecular complexity index is 943. The first-order valence-electron chi connectivity index (χ1n) is 10.2. The number of ether oxygens (including phenoxy) is 1. The van der Waals surface area contributed by atoms with Crippen LogP contribution in [0.5, 0.6) is 5.75 Å².